The van der Waals surface area contributed by atoms with Crippen molar-refractivity contribution < 1.29 is 0 Å². The van der Waals surface area contributed by atoms with Gasteiger partial charge in [-0.3, -0.25) is 5.41 Å². The van der Waals surface area contributed by atoms with Crippen LogP contribution in [0.5, 0.6) is 0 Å². The lowest BCUT2D eigenvalue weighted by atomic mass is 9.87. The predicted octanol–water partition coefficient (Wildman–Crippen LogP) is 3.91. The van der Waals surface area contributed by atoms with Crippen molar-refractivity contribution in [3.63, 3.8) is 0 Å². The molecule has 0 aliphatic rings. The molecule has 0 bridgehead atoms. The van der Waals surface area contributed by atoms with Crippen LogP contribution in [-0.2, 0) is 12.8 Å². The SMILES string of the molecule is CC(C)(C)Cc1ccc2cc(CC(=N)N)ccc2c1. The third-order valence-corrected chi connectivity index (χ3v) is 3.10. The number of hydrogen-bond acceptors (Lipinski definition) is 1. The van der Waals surface area contributed by atoms with E-state index in [1.54, 1.807) is 0 Å². The molecule has 0 unspecified atom stereocenters. The van der Waals surface area contributed by atoms with Gasteiger partial charge in [-0.25, -0.2) is 0 Å². The minimum Gasteiger partial charge on any atom is -0.387 e. The first-order valence-electron chi connectivity index (χ1n) is 6.68. The van der Waals surface area contributed by atoms with Gasteiger partial charge >= 0.3 is 0 Å². The quantitative estimate of drug-likeness (QED) is 0.633. The maximum atomic E-state index is 7.35. The average molecular weight is 254 g/mol. The molecular weight excluding hydrogens is 232 g/mol. The van der Waals surface area contributed by atoms with Gasteiger partial charge in [-0.15, -0.1) is 0 Å². The zero-order valence-electron chi connectivity index (χ0n) is 12.0. The van der Waals surface area contributed by atoms with Crippen LogP contribution in [0.2, 0.25) is 0 Å². The summed E-state index contributed by atoms with van der Waals surface area (Å²) in [6.45, 7) is 6.77. The number of hydrogen-bond donors (Lipinski definition) is 2. The van der Waals surface area contributed by atoms with Crippen LogP contribution in [0.3, 0.4) is 0 Å². The molecule has 0 heterocycles. The molecule has 100 valence electrons. The van der Waals surface area contributed by atoms with E-state index < -0.39 is 0 Å². The van der Waals surface area contributed by atoms with E-state index in [-0.39, 0.29) is 5.84 Å². The summed E-state index contributed by atoms with van der Waals surface area (Å²) in [7, 11) is 0. The van der Waals surface area contributed by atoms with E-state index in [2.05, 4.69) is 57.2 Å². The Balaban J connectivity index is 2.32. The highest BCUT2D eigenvalue weighted by Crippen LogP contribution is 2.24. The van der Waals surface area contributed by atoms with Gasteiger partial charge in [0, 0.05) is 6.42 Å². The highest BCUT2D eigenvalue weighted by Gasteiger charge is 2.11. The molecule has 0 aliphatic heterocycles. The van der Waals surface area contributed by atoms with Crippen LogP contribution in [0.25, 0.3) is 10.8 Å². The summed E-state index contributed by atoms with van der Waals surface area (Å²) in [5.74, 6) is 0.212. The monoisotopic (exact) mass is 254 g/mol. The van der Waals surface area contributed by atoms with Crippen molar-refractivity contribution in [2.75, 3.05) is 0 Å². The summed E-state index contributed by atoms with van der Waals surface area (Å²) in [6.07, 6.45) is 1.61. The molecule has 0 amide bonds. The van der Waals surface area contributed by atoms with Crippen molar-refractivity contribution in [3.8, 4) is 0 Å². The van der Waals surface area contributed by atoms with Gasteiger partial charge in [0.2, 0.25) is 0 Å². The van der Waals surface area contributed by atoms with Crippen LogP contribution >= 0.6 is 0 Å². The minimum atomic E-state index is 0.212. The maximum absolute atomic E-state index is 7.35. The molecule has 2 rings (SSSR count). The molecule has 0 fully saturated rings. The van der Waals surface area contributed by atoms with Crippen molar-refractivity contribution in [1.82, 2.24) is 0 Å². The molecule has 2 aromatic rings. The van der Waals surface area contributed by atoms with Gasteiger partial charge in [-0.05, 0) is 33.7 Å². The third-order valence-electron chi connectivity index (χ3n) is 3.10. The fraction of sp³-hybridized carbons (Fsp3) is 0.353. The molecule has 2 aromatic carbocycles. The zero-order valence-corrected chi connectivity index (χ0v) is 12.0. The summed E-state index contributed by atoms with van der Waals surface area (Å²) in [4.78, 5) is 0. The van der Waals surface area contributed by atoms with Gasteiger partial charge in [0.15, 0.2) is 0 Å². The molecule has 2 nitrogen and oxygen atoms in total. The lowest BCUT2D eigenvalue weighted by Crippen LogP contribution is -2.12. The second kappa shape index (κ2) is 5.04. The first-order chi connectivity index (χ1) is 8.83. The molecule has 0 aromatic heterocycles. The van der Waals surface area contributed by atoms with E-state index in [0.717, 1.165) is 12.0 Å². The summed E-state index contributed by atoms with van der Waals surface area (Å²) in [5.41, 5.74) is 8.23. The Morgan fingerprint density at radius 2 is 1.53 bits per heavy atom. The van der Waals surface area contributed by atoms with E-state index in [4.69, 9.17) is 11.1 Å². The van der Waals surface area contributed by atoms with Gasteiger partial charge in [0.05, 0.1) is 5.84 Å². The molecule has 0 aliphatic carbocycles. The zero-order chi connectivity index (χ0) is 14.0. The van der Waals surface area contributed by atoms with Gasteiger partial charge < -0.3 is 5.73 Å². The molecule has 0 radical (unpaired) electrons. The topological polar surface area (TPSA) is 49.9 Å². The number of nitrogens with two attached hydrogens (primary N) is 1. The first-order valence-corrected chi connectivity index (χ1v) is 6.68. The van der Waals surface area contributed by atoms with Crippen molar-refractivity contribution in [1.29, 1.82) is 5.41 Å². The number of fused-ring (bicyclic) bond motifs is 1. The Morgan fingerprint density at radius 3 is 2.05 bits per heavy atom. The smallest absolute Gasteiger partial charge is 0.0950 e. The Kier molecular flexibility index (Phi) is 3.61. The molecular formula is C17H22N2. The van der Waals surface area contributed by atoms with Crippen LogP contribution in [0.1, 0.15) is 31.9 Å². The number of amidine groups is 1. The molecule has 0 saturated carbocycles. The summed E-state index contributed by atoms with van der Waals surface area (Å²) < 4.78 is 0. The van der Waals surface area contributed by atoms with Crippen LogP contribution in [-0.4, -0.2) is 5.84 Å². The van der Waals surface area contributed by atoms with Gasteiger partial charge in [-0.1, -0.05) is 57.2 Å². The van der Waals surface area contributed by atoms with Crippen LogP contribution in [0.15, 0.2) is 36.4 Å². The standard InChI is InChI=1S/C17H22N2/c1-17(2,3)11-13-5-7-14-8-12(10-16(18)19)4-6-15(14)9-13/h4-9H,10-11H2,1-3H3,(H3,18,19). The van der Waals surface area contributed by atoms with Gasteiger partial charge in [0.25, 0.3) is 0 Å². The summed E-state index contributed by atoms with van der Waals surface area (Å²) >= 11 is 0. The highest BCUT2D eigenvalue weighted by molar-refractivity contribution is 5.86. The predicted molar refractivity (Wildman–Crippen MR) is 82.7 cm³/mol. The van der Waals surface area contributed by atoms with E-state index in [9.17, 15) is 0 Å². The van der Waals surface area contributed by atoms with E-state index in [0.29, 0.717) is 11.8 Å². The minimum absolute atomic E-state index is 0.212. The van der Waals surface area contributed by atoms with Crippen molar-refractivity contribution in [2.45, 2.75) is 33.6 Å². The van der Waals surface area contributed by atoms with Gasteiger partial charge in [-0.2, -0.15) is 0 Å². The van der Waals surface area contributed by atoms with Gasteiger partial charge in [0.1, 0.15) is 0 Å². The lowest BCUT2D eigenvalue weighted by Gasteiger charge is -2.18. The normalized spacial score (nSPS) is 11.7. The van der Waals surface area contributed by atoms with E-state index in [1.165, 1.54) is 16.3 Å². The van der Waals surface area contributed by atoms with Crippen molar-refractivity contribution >= 4 is 16.6 Å². The van der Waals surface area contributed by atoms with Crippen LogP contribution in [0.4, 0.5) is 0 Å². The lowest BCUT2D eigenvalue weighted by molar-refractivity contribution is 0.411. The number of benzene rings is 2. The molecule has 0 atom stereocenters. The summed E-state index contributed by atoms with van der Waals surface area (Å²) in [5, 5.41) is 9.83. The van der Waals surface area contributed by atoms with E-state index >= 15 is 0 Å². The Hall–Kier alpha value is -1.83. The largest absolute Gasteiger partial charge is 0.387 e. The Morgan fingerprint density at radius 1 is 1.00 bits per heavy atom. The van der Waals surface area contributed by atoms with E-state index in [1.807, 2.05) is 0 Å². The first kappa shape index (κ1) is 13.6. The summed E-state index contributed by atoms with van der Waals surface area (Å²) in [6, 6.07) is 12.9. The Bertz CT molecular complexity index is 606. The fourth-order valence-electron chi connectivity index (χ4n) is 2.40. The van der Waals surface area contributed by atoms with Crippen molar-refractivity contribution in [2.24, 2.45) is 11.1 Å². The molecule has 19 heavy (non-hydrogen) atoms. The van der Waals surface area contributed by atoms with Crippen LogP contribution in [0, 0.1) is 10.8 Å². The second-order valence-electron chi connectivity index (χ2n) is 6.46. The fourth-order valence-corrected chi connectivity index (χ4v) is 2.40. The molecule has 2 heteroatoms. The second-order valence-corrected chi connectivity index (χ2v) is 6.46. The maximum Gasteiger partial charge on any atom is 0.0950 e. The molecule has 3 N–H and O–H groups in total. The number of nitrogens with one attached hydrogen (secondary N) is 1. The average Bonchev–Trinajstić information content (AvgIpc) is 2.26. The Labute approximate surface area is 115 Å². The highest BCUT2D eigenvalue weighted by atomic mass is 14.7. The van der Waals surface area contributed by atoms with Crippen LogP contribution < -0.4 is 5.73 Å². The number of rotatable bonds is 3. The molecule has 0 saturated heterocycles. The molecule has 0 spiro atoms. The van der Waals surface area contributed by atoms with Crippen molar-refractivity contribution in [3.05, 3.63) is 47.5 Å². The third kappa shape index (κ3) is 3.82.